The predicted molar refractivity (Wildman–Crippen MR) is 76.4 cm³/mol. The van der Waals surface area contributed by atoms with Crippen molar-refractivity contribution in [2.75, 3.05) is 7.11 Å². The molecule has 2 heterocycles. The van der Waals surface area contributed by atoms with Crippen molar-refractivity contribution in [3.8, 4) is 15.6 Å². The molecule has 0 atom stereocenters. The van der Waals surface area contributed by atoms with Crippen LogP contribution in [0.5, 0.6) is 5.75 Å². The van der Waals surface area contributed by atoms with Gasteiger partial charge in [0, 0.05) is 5.54 Å². The van der Waals surface area contributed by atoms with Crippen molar-refractivity contribution < 1.29 is 4.74 Å². The summed E-state index contributed by atoms with van der Waals surface area (Å²) in [7, 11) is 1.68. The molecule has 0 saturated carbocycles. The normalized spacial score (nSPS) is 11.8. The average molecular weight is 283 g/mol. The highest BCUT2D eigenvalue weighted by Gasteiger charge is 2.15. The topological polar surface area (TPSA) is 47.0 Å². The summed E-state index contributed by atoms with van der Waals surface area (Å²) < 4.78 is 5.30. The molecule has 0 fully saturated rings. The highest BCUT2D eigenvalue weighted by Crippen LogP contribution is 2.36. The minimum atomic E-state index is 0.0897. The molecule has 2 rings (SSSR count). The fourth-order valence-electron chi connectivity index (χ4n) is 1.37. The van der Waals surface area contributed by atoms with Crippen molar-refractivity contribution in [3.05, 3.63) is 16.5 Å². The molecule has 0 radical (unpaired) electrons. The van der Waals surface area contributed by atoms with Crippen molar-refractivity contribution in [2.24, 2.45) is 0 Å². The summed E-state index contributed by atoms with van der Waals surface area (Å²) in [6, 6.07) is 1.95. The second-order valence-corrected chi connectivity index (χ2v) is 6.90. The summed E-state index contributed by atoms with van der Waals surface area (Å²) in [6.45, 7) is 7.15. The maximum Gasteiger partial charge on any atom is 0.161 e. The number of nitrogens with zero attached hydrogens (tertiary/aromatic N) is 2. The molecule has 4 nitrogen and oxygen atoms in total. The zero-order valence-corrected chi connectivity index (χ0v) is 12.6. The van der Waals surface area contributed by atoms with E-state index in [1.165, 1.54) is 0 Å². The molecule has 0 aliphatic carbocycles. The molecule has 6 heteroatoms. The van der Waals surface area contributed by atoms with E-state index in [1.807, 2.05) is 11.4 Å². The van der Waals surface area contributed by atoms with Gasteiger partial charge in [-0.25, -0.2) is 0 Å². The summed E-state index contributed by atoms with van der Waals surface area (Å²) in [5.41, 5.74) is 0.0897. The predicted octanol–water partition coefficient (Wildman–Crippen LogP) is 3.16. The summed E-state index contributed by atoms with van der Waals surface area (Å²) in [6.07, 6.45) is 0. The summed E-state index contributed by atoms with van der Waals surface area (Å²) in [5, 5.41) is 15.8. The van der Waals surface area contributed by atoms with Gasteiger partial charge in [-0.1, -0.05) is 11.3 Å². The second kappa shape index (κ2) is 5.34. The molecule has 0 aromatic carbocycles. The van der Waals surface area contributed by atoms with E-state index in [-0.39, 0.29) is 5.54 Å². The van der Waals surface area contributed by atoms with Crippen LogP contribution in [0.15, 0.2) is 11.4 Å². The first-order chi connectivity index (χ1) is 8.49. The largest absolute Gasteiger partial charge is 0.495 e. The Morgan fingerprint density at radius 2 is 2.11 bits per heavy atom. The Labute approximate surface area is 115 Å². The number of methoxy groups -OCH3 is 1. The van der Waals surface area contributed by atoms with Crippen LogP contribution in [0, 0.1) is 0 Å². The molecule has 0 amide bonds. The fourth-order valence-corrected chi connectivity index (χ4v) is 3.10. The van der Waals surface area contributed by atoms with E-state index in [4.69, 9.17) is 4.74 Å². The Morgan fingerprint density at radius 3 is 2.78 bits per heavy atom. The van der Waals surface area contributed by atoms with Crippen molar-refractivity contribution in [3.63, 3.8) is 0 Å². The van der Waals surface area contributed by atoms with Gasteiger partial charge in [-0.15, -0.1) is 21.5 Å². The molecule has 0 aliphatic heterocycles. The number of ether oxygens (including phenoxy) is 1. The van der Waals surface area contributed by atoms with Gasteiger partial charge in [0.15, 0.2) is 5.01 Å². The Balaban J connectivity index is 2.11. The molecule has 0 bridgehead atoms. The fraction of sp³-hybridized carbons (Fsp3) is 0.500. The van der Waals surface area contributed by atoms with Gasteiger partial charge in [0.1, 0.15) is 15.6 Å². The average Bonchev–Trinajstić information content (AvgIpc) is 2.93. The lowest BCUT2D eigenvalue weighted by molar-refractivity contribution is 0.418. The van der Waals surface area contributed by atoms with Gasteiger partial charge >= 0.3 is 0 Å². The summed E-state index contributed by atoms with van der Waals surface area (Å²) >= 11 is 3.23. The zero-order chi connectivity index (χ0) is 13.2. The molecule has 1 N–H and O–H groups in total. The molecule has 98 valence electrons. The monoisotopic (exact) mass is 283 g/mol. The van der Waals surface area contributed by atoms with Crippen LogP contribution in [0.2, 0.25) is 0 Å². The molecular weight excluding hydrogens is 266 g/mol. The van der Waals surface area contributed by atoms with Gasteiger partial charge in [0.2, 0.25) is 0 Å². The zero-order valence-electron chi connectivity index (χ0n) is 11.0. The molecule has 0 aliphatic rings. The van der Waals surface area contributed by atoms with Crippen LogP contribution in [0.4, 0.5) is 0 Å². The van der Waals surface area contributed by atoms with Crippen LogP contribution in [-0.2, 0) is 6.54 Å². The lowest BCUT2D eigenvalue weighted by Crippen LogP contribution is -2.35. The number of hydrogen-bond donors (Lipinski definition) is 1. The van der Waals surface area contributed by atoms with Crippen LogP contribution < -0.4 is 10.1 Å². The number of aromatic nitrogens is 2. The highest BCUT2D eigenvalue weighted by atomic mass is 32.1. The van der Waals surface area contributed by atoms with E-state index in [0.717, 1.165) is 27.2 Å². The molecule has 18 heavy (non-hydrogen) atoms. The van der Waals surface area contributed by atoms with Crippen molar-refractivity contribution >= 4 is 22.7 Å². The second-order valence-electron chi connectivity index (χ2n) is 4.92. The Kier molecular flexibility index (Phi) is 3.99. The molecule has 2 aromatic heterocycles. The quantitative estimate of drug-likeness (QED) is 0.936. The van der Waals surface area contributed by atoms with Gasteiger partial charge in [0.05, 0.1) is 13.7 Å². The lowest BCUT2D eigenvalue weighted by atomic mass is 10.1. The standard InChI is InChI=1S/C12H17N3OS2/c1-12(2,3)13-7-9-14-15-11(18-9)10-8(16-4)5-6-17-10/h5-6,13H,7H2,1-4H3. The number of hydrogen-bond acceptors (Lipinski definition) is 6. The van der Waals surface area contributed by atoms with Crippen LogP contribution in [0.3, 0.4) is 0 Å². The van der Waals surface area contributed by atoms with Gasteiger partial charge in [0.25, 0.3) is 0 Å². The Bertz CT molecular complexity index is 513. The first-order valence-corrected chi connectivity index (χ1v) is 7.38. The van der Waals surface area contributed by atoms with Crippen molar-refractivity contribution in [1.29, 1.82) is 0 Å². The Morgan fingerprint density at radius 1 is 1.33 bits per heavy atom. The minimum absolute atomic E-state index is 0.0897. The first kappa shape index (κ1) is 13.5. The SMILES string of the molecule is COc1ccsc1-c1nnc(CNC(C)(C)C)s1. The molecule has 0 unspecified atom stereocenters. The first-order valence-electron chi connectivity index (χ1n) is 5.69. The van der Waals surface area contributed by atoms with Gasteiger partial charge in [-0.3, -0.25) is 0 Å². The van der Waals surface area contributed by atoms with E-state index in [0.29, 0.717) is 0 Å². The van der Waals surface area contributed by atoms with Gasteiger partial charge in [-0.05, 0) is 32.2 Å². The number of rotatable bonds is 4. The smallest absolute Gasteiger partial charge is 0.161 e. The maximum atomic E-state index is 5.30. The van der Waals surface area contributed by atoms with Crippen LogP contribution in [0.25, 0.3) is 9.88 Å². The lowest BCUT2D eigenvalue weighted by Gasteiger charge is -2.19. The minimum Gasteiger partial charge on any atom is -0.495 e. The summed E-state index contributed by atoms with van der Waals surface area (Å²) in [4.78, 5) is 1.05. The van der Waals surface area contributed by atoms with E-state index >= 15 is 0 Å². The van der Waals surface area contributed by atoms with Crippen LogP contribution in [0.1, 0.15) is 25.8 Å². The third-order valence-electron chi connectivity index (χ3n) is 2.28. The molecule has 0 spiro atoms. The van der Waals surface area contributed by atoms with Crippen LogP contribution >= 0.6 is 22.7 Å². The van der Waals surface area contributed by atoms with Crippen LogP contribution in [-0.4, -0.2) is 22.8 Å². The van der Waals surface area contributed by atoms with Gasteiger partial charge in [-0.2, -0.15) is 0 Å². The van der Waals surface area contributed by atoms with Gasteiger partial charge < -0.3 is 10.1 Å². The highest BCUT2D eigenvalue weighted by molar-refractivity contribution is 7.21. The van der Waals surface area contributed by atoms with E-state index in [2.05, 4.69) is 36.3 Å². The van der Waals surface area contributed by atoms with E-state index in [9.17, 15) is 0 Å². The summed E-state index contributed by atoms with van der Waals surface area (Å²) in [5.74, 6) is 0.867. The number of nitrogens with one attached hydrogen (secondary N) is 1. The molecule has 2 aromatic rings. The third kappa shape index (κ3) is 3.28. The third-order valence-corrected chi connectivity index (χ3v) is 4.25. The van der Waals surface area contributed by atoms with E-state index in [1.54, 1.807) is 29.8 Å². The van der Waals surface area contributed by atoms with E-state index < -0.39 is 0 Å². The van der Waals surface area contributed by atoms with Crippen molar-refractivity contribution in [2.45, 2.75) is 32.9 Å². The van der Waals surface area contributed by atoms with Crippen molar-refractivity contribution in [1.82, 2.24) is 15.5 Å². The molecule has 0 saturated heterocycles. The Hall–Kier alpha value is -0.980. The number of thiophene rings is 1. The maximum absolute atomic E-state index is 5.30. The molecular formula is C12H17N3OS2.